The van der Waals surface area contributed by atoms with Gasteiger partial charge in [-0.15, -0.1) is 0 Å². The monoisotopic (exact) mass is 491 g/mol. The number of pyridine rings is 1. The molecule has 0 unspecified atom stereocenters. The summed E-state index contributed by atoms with van der Waals surface area (Å²) < 4.78 is 21.5. The van der Waals surface area contributed by atoms with Crippen molar-refractivity contribution in [3.05, 3.63) is 58.2 Å². The molecule has 1 fully saturated rings. The number of hydrogen-bond donors (Lipinski definition) is 1. The molecule has 0 spiro atoms. The minimum atomic E-state index is -0.525. The third-order valence-electron chi connectivity index (χ3n) is 5.85. The van der Waals surface area contributed by atoms with Crippen molar-refractivity contribution in [3.8, 4) is 16.9 Å². The minimum absolute atomic E-state index is 0.00695. The number of ether oxygens (including phenoxy) is 1. The van der Waals surface area contributed by atoms with Crippen LogP contribution in [0.4, 0.5) is 10.2 Å². The Balaban J connectivity index is 1.43. The quantitative estimate of drug-likeness (QED) is 0.501. The number of carbonyl (C=O) groups excluding carboxylic acids is 1. The average Bonchev–Trinajstić information content (AvgIpc) is 3.30. The van der Waals surface area contributed by atoms with Crippen LogP contribution >= 0.6 is 23.2 Å². The zero-order valence-electron chi connectivity index (χ0n) is 18.1. The molecule has 0 atom stereocenters. The highest BCUT2D eigenvalue weighted by Crippen LogP contribution is 2.31. The van der Waals surface area contributed by atoms with E-state index in [0.29, 0.717) is 22.8 Å². The molecular formula is C23H24Cl2FN5O2. The predicted octanol–water partition coefficient (Wildman–Crippen LogP) is 4.78. The summed E-state index contributed by atoms with van der Waals surface area (Å²) >= 11 is 12.2. The van der Waals surface area contributed by atoms with E-state index >= 15 is 0 Å². The number of anilines is 1. The summed E-state index contributed by atoms with van der Waals surface area (Å²) in [7, 11) is 0. The van der Waals surface area contributed by atoms with Gasteiger partial charge in [-0.25, -0.2) is 9.37 Å². The first-order valence-corrected chi connectivity index (χ1v) is 11.4. The summed E-state index contributed by atoms with van der Waals surface area (Å²) in [5.74, 6) is 0.248. The van der Waals surface area contributed by atoms with Crippen LogP contribution in [0.3, 0.4) is 0 Å². The van der Waals surface area contributed by atoms with Gasteiger partial charge in [-0.3, -0.25) is 9.48 Å². The van der Waals surface area contributed by atoms with Gasteiger partial charge >= 0.3 is 0 Å². The highest BCUT2D eigenvalue weighted by Gasteiger charge is 2.22. The minimum Gasteiger partial charge on any atom is -0.489 e. The maximum absolute atomic E-state index is 13.7. The van der Waals surface area contributed by atoms with E-state index in [4.69, 9.17) is 33.7 Å². The Morgan fingerprint density at radius 1 is 1.24 bits per heavy atom. The van der Waals surface area contributed by atoms with Gasteiger partial charge in [-0.2, -0.15) is 5.10 Å². The molecule has 33 heavy (non-hydrogen) atoms. The number of rotatable bonds is 6. The number of nitrogens with zero attached hydrogens (tertiary/aromatic N) is 4. The molecule has 4 rings (SSSR count). The lowest BCUT2D eigenvalue weighted by Gasteiger charge is -2.31. The summed E-state index contributed by atoms with van der Waals surface area (Å²) in [5, 5.41) is 4.89. The van der Waals surface area contributed by atoms with Crippen LogP contribution in [0.5, 0.6) is 5.75 Å². The molecule has 1 amide bonds. The van der Waals surface area contributed by atoms with Crippen LogP contribution < -0.4 is 10.5 Å². The van der Waals surface area contributed by atoms with Gasteiger partial charge in [0.05, 0.1) is 23.9 Å². The van der Waals surface area contributed by atoms with E-state index in [-0.39, 0.29) is 29.4 Å². The van der Waals surface area contributed by atoms with Crippen LogP contribution in [-0.2, 0) is 11.2 Å². The molecule has 1 aliphatic heterocycles. The largest absolute Gasteiger partial charge is 0.489 e. The number of nitrogens with two attached hydrogens (primary N) is 1. The Morgan fingerprint density at radius 2 is 2.00 bits per heavy atom. The standard InChI is InChI=1S/C23H24Cl2FN5O2/c1-14(32)30-7-4-17(5-8-30)31-13-16(12-29-31)15-10-21(23(27)28-11-15)33-9-6-18-19(24)2-3-20(26)22(18)25/h2-3,10-13,17H,4-9H2,1H3,(H2,27,28). The smallest absolute Gasteiger partial charge is 0.219 e. The number of aromatic nitrogens is 3. The van der Waals surface area contributed by atoms with Gasteiger partial charge in [0.15, 0.2) is 11.6 Å². The SMILES string of the molecule is CC(=O)N1CCC(n2cc(-c3cnc(N)c(OCCc4c(Cl)ccc(F)c4Cl)c3)cn2)CC1. The molecule has 1 aromatic carbocycles. The fourth-order valence-electron chi connectivity index (χ4n) is 3.92. The maximum atomic E-state index is 13.7. The van der Waals surface area contributed by atoms with Crippen molar-refractivity contribution in [2.75, 3.05) is 25.4 Å². The molecule has 10 heteroatoms. The van der Waals surface area contributed by atoms with E-state index in [0.717, 1.165) is 37.1 Å². The Bertz CT molecular complexity index is 1160. The second-order valence-corrected chi connectivity index (χ2v) is 8.76. The summed E-state index contributed by atoms with van der Waals surface area (Å²) in [6.45, 7) is 3.26. The second kappa shape index (κ2) is 9.97. The molecule has 174 valence electrons. The highest BCUT2D eigenvalue weighted by molar-refractivity contribution is 6.36. The van der Waals surface area contributed by atoms with Crippen LogP contribution in [0.2, 0.25) is 10.0 Å². The number of benzene rings is 1. The Kier molecular flexibility index (Phi) is 7.05. The third-order valence-corrected chi connectivity index (χ3v) is 6.61. The topological polar surface area (TPSA) is 86.3 Å². The molecule has 3 aromatic rings. The van der Waals surface area contributed by atoms with Gasteiger partial charge in [0, 0.05) is 55.0 Å². The third kappa shape index (κ3) is 5.23. The number of amides is 1. The van der Waals surface area contributed by atoms with Crippen molar-refractivity contribution in [2.45, 2.75) is 32.2 Å². The number of piperidine rings is 1. The van der Waals surface area contributed by atoms with Gasteiger partial charge < -0.3 is 15.4 Å². The Hall–Kier alpha value is -2.84. The lowest BCUT2D eigenvalue weighted by Crippen LogP contribution is -2.37. The van der Waals surface area contributed by atoms with Crippen molar-refractivity contribution < 1.29 is 13.9 Å². The first kappa shape index (κ1) is 23.3. The molecule has 2 aromatic heterocycles. The van der Waals surface area contributed by atoms with Crippen LogP contribution in [0.25, 0.3) is 11.1 Å². The zero-order valence-corrected chi connectivity index (χ0v) is 19.6. The summed E-state index contributed by atoms with van der Waals surface area (Å²) in [6, 6.07) is 4.74. The van der Waals surface area contributed by atoms with E-state index in [1.807, 2.05) is 15.8 Å². The number of hydrogen-bond acceptors (Lipinski definition) is 5. The van der Waals surface area contributed by atoms with Crippen LogP contribution in [0, 0.1) is 5.82 Å². The van der Waals surface area contributed by atoms with Gasteiger partial charge in [-0.1, -0.05) is 23.2 Å². The van der Waals surface area contributed by atoms with Crippen molar-refractivity contribution >= 4 is 34.9 Å². The number of likely N-dealkylation sites (tertiary alicyclic amines) is 1. The van der Waals surface area contributed by atoms with Crippen molar-refractivity contribution in [1.82, 2.24) is 19.7 Å². The van der Waals surface area contributed by atoms with E-state index < -0.39 is 5.82 Å². The van der Waals surface area contributed by atoms with Crippen LogP contribution in [0.1, 0.15) is 31.4 Å². The molecular weight excluding hydrogens is 468 g/mol. The van der Waals surface area contributed by atoms with Crippen molar-refractivity contribution in [1.29, 1.82) is 0 Å². The fraction of sp³-hybridized carbons (Fsp3) is 0.348. The predicted molar refractivity (Wildman–Crippen MR) is 126 cm³/mol. The fourth-order valence-corrected chi connectivity index (χ4v) is 4.48. The van der Waals surface area contributed by atoms with E-state index in [2.05, 4.69) is 10.1 Å². The summed E-state index contributed by atoms with van der Waals surface area (Å²) in [6.07, 6.45) is 7.46. The number of nitrogen functional groups attached to an aromatic ring is 1. The highest BCUT2D eigenvalue weighted by atomic mass is 35.5. The van der Waals surface area contributed by atoms with Crippen LogP contribution in [0.15, 0.2) is 36.8 Å². The summed E-state index contributed by atoms with van der Waals surface area (Å²) in [5.41, 5.74) is 8.17. The van der Waals surface area contributed by atoms with E-state index in [9.17, 15) is 9.18 Å². The van der Waals surface area contributed by atoms with Gasteiger partial charge in [0.1, 0.15) is 5.82 Å². The second-order valence-electron chi connectivity index (χ2n) is 7.97. The number of halogens is 3. The molecule has 3 heterocycles. The van der Waals surface area contributed by atoms with Crippen LogP contribution in [-0.4, -0.2) is 45.3 Å². The average molecular weight is 492 g/mol. The maximum Gasteiger partial charge on any atom is 0.219 e. The molecule has 0 saturated carbocycles. The van der Waals surface area contributed by atoms with Crippen molar-refractivity contribution in [2.24, 2.45) is 0 Å². The van der Waals surface area contributed by atoms with E-state index in [1.54, 1.807) is 25.4 Å². The van der Waals surface area contributed by atoms with E-state index in [1.165, 1.54) is 12.1 Å². The zero-order chi connectivity index (χ0) is 23.5. The first-order chi connectivity index (χ1) is 15.8. The molecule has 7 nitrogen and oxygen atoms in total. The molecule has 0 radical (unpaired) electrons. The summed E-state index contributed by atoms with van der Waals surface area (Å²) in [4.78, 5) is 17.6. The lowest BCUT2D eigenvalue weighted by atomic mass is 10.1. The normalized spacial score (nSPS) is 14.5. The first-order valence-electron chi connectivity index (χ1n) is 10.6. The molecule has 1 aliphatic rings. The van der Waals surface area contributed by atoms with Gasteiger partial charge in [0.25, 0.3) is 0 Å². The van der Waals surface area contributed by atoms with Gasteiger partial charge in [-0.05, 0) is 36.6 Å². The molecule has 1 saturated heterocycles. The lowest BCUT2D eigenvalue weighted by molar-refractivity contribution is -0.130. The molecule has 2 N–H and O–H groups in total. The molecule has 0 aliphatic carbocycles. The Morgan fingerprint density at radius 3 is 2.73 bits per heavy atom. The number of carbonyl (C=O) groups is 1. The van der Waals surface area contributed by atoms with Crippen molar-refractivity contribution in [3.63, 3.8) is 0 Å². The van der Waals surface area contributed by atoms with Gasteiger partial charge in [0.2, 0.25) is 5.91 Å². The Labute approximate surface area is 201 Å². The molecule has 0 bridgehead atoms.